The van der Waals surface area contributed by atoms with Crippen molar-refractivity contribution in [1.82, 2.24) is 4.90 Å². The summed E-state index contributed by atoms with van der Waals surface area (Å²) >= 11 is 0. The zero-order valence-corrected chi connectivity index (χ0v) is 17.5. The van der Waals surface area contributed by atoms with E-state index in [4.69, 9.17) is 9.47 Å². The first-order chi connectivity index (χ1) is 15.1. The van der Waals surface area contributed by atoms with Gasteiger partial charge in [0.1, 0.15) is 0 Å². The van der Waals surface area contributed by atoms with Crippen LogP contribution in [0.15, 0.2) is 47.6 Å². The van der Waals surface area contributed by atoms with Gasteiger partial charge in [0.25, 0.3) is 5.91 Å². The molecule has 1 aliphatic heterocycles. The molecule has 0 saturated carbocycles. The second-order valence-electron chi connectivity index (χ2n) is 7.11. The Hall–Kier alpha value is -3.55. The number of benzene rings is 2. The van der Waals surface area contributed by atoms with E-state index in [9.17, 15) is 14.7 Å². The third-order valence-corrected chi connectivity index (χ3v) is 4.83. The molecule has 1 aliphatic rings. The molecule has 0 radical (unpaired) electrons. The average molecular weight is 424 g/mol. The zero-order chi connectivity index (χ0) is 22.1. The molecule has 2 aromatic carbocycles. The number of carboxylic acid groups (broad SMARTS) is 1. The second kappa shape index (κ2) is 11.0. The van der Waals surface area contributed by atoms with Gasteiger partial charge in [-0.25, -0.2) is 0 Å². The van der Waals surface area contributed by atoms with Crippen molar-refractivity contribution < 1.29 is 24.2 Å². The van der Waals surface area contributed by atoms with Gasteiger partial charge in [0, 0.05) is 13.1 Å². The lowest BCUT2D eigenvalue weighted by Crippen LogP contribution is -2.38. The smallest absolute Gasteiger partial charge is 0.260 e. The molecule has 1 heterocycles. The van der Waals surface area contributed by atoms with E-state index < -0.39 is 5.97 Å². The van der Waals surface area contributed by atoms with Crippen LogP contribution >= 0.6 is 0 Å². The molecule has 164 valence electrons. The van der Waals surface area contributed by atoms with Crippen LogP contribution in [0.3, 0.4) is 0 Å². The number of hydrogen-bond donors (Lipinski definition) is 1. The van der Waals surface area contributed by atoms with Crippen LogP contribution in [-0.4, -0.2) is 49.3 Å². The van der Waals surface area contributed by atoms with Gasteiger partial charge in [-0.2, -0.15) is 5.10 Å². The number of hydrazone groups is 1. The molecule has 2 aromatic rings. The number of nitrogens with zero attached hydrogens (tertiary/aromatic N) is 2. The normalized spacial score (nSPS) is 13.8. The summed E-state index contributed by atoms with van der Waals surface area (Å²) in [5.41, 5.74) is 4.13. The van der Waals surface area contributed by atoms with Gasteiger partial charge in [0.15, 0.2) is 18.1 Å². The highest BCUT2D eigenvalue weighted by Gasteiger charge is 2.17. The van der Waals surface area contributed by atoms with Gasteiger partial charge in [-0.15, -0.1) is 0 Å². The average Bonchev–Trinajstić information content (AvgIpc) is 2.79. The number of rotatable bonds is 9. The number of piperidine rings is 1. The molecule has 8 nitrogen and oxygen atoms in total. The van der Waals surface area contributed by atoms with E-state index in [0.29, 0.717) is 23.8 Å². The number of carbonyl (C=O) groups excluding carboxylic acids is 2. The number of amides is 1. The first-order valence-electron chi connectivity index (χ1n) is 10.3. The molecule has 1 amide bonds. The lowest BCUT2D eigenvalue weighted by atomic mass is 10.1. The maximum atomic E-state index is 12.3. The van der Waals surface area contributed by atoms with Crippen molar-refractivity contribution in [3.8, 4) is 11.5 Å². The van der Waals surface area contributed by atoms with Crippen molar-refractivity contribution in [2.75, 3.05) is 31.7 Å². The van der Waals surface area contributed by atoms with Crippen LogP contribution in [0.5, 0.6) is 11.5 Å². The van der Waals surface area contributed by atoms with Crippen LogP contribution in [0.2, 0.25) is 0 Å². The topological polar surface area (TPSA) is 103 Å². The predicted octanol–water partition coefficient (Wildman–Crippen LogP) is 2.29. The second-order valence-corrected chi connectivity index (χ2v) is 7.11. The number of nitrogens with one attached hydrogen (secondary N) is 1. The molecule has 0 atom stereocenters. The molecule has 0 spiro atoms. The number of aromatic carboxylic acids is 1. The Morgan fingerprint density at radius 2 is 1.90 bits per heavy atom. The SMILES string of the molecule is CCOc1cc(/C=N\Nc2cccc(C(=O)[O-])c2)ccc1OCC(=O)N1CCCCC1. The number of hydrogen-bond acceptors (Lipinski definition) is 7. The summed E-state index contributed by atoms with van der Waals surface area (Å²) in [5, 5.41) is 15.1. The Bertz CT molecular complexity index is 939. The Morgan fingerprint density at radius 1 is 1.10 bits per heavy atom. The Kier molecular flexibility index (Phi) is 7.86. The highest BCUT2D eigenvalue weighted by molar-refractivity contribution is 5.87. The van der Waals surface area contributed by atoms with Crippen molar-refractivity contribution >= 4 is 23.8 Å². The van der Waals surface area contributed by atoms with Crippen molar-refractivity contribution in [2.24, 2.45) is 5.10 Å². The summed E-state index contributed by atoms with van der Waals surface area (Å²) in [4.78, 5) is 25.1. The highest BCUT2D eigenvalue weighted by atomic mass is 16.5. The van der Waals surface area contributed by atoms with E-state index in [1.807, 2.05) is 11.8 Å². The number of likely N-dealkylation sites (tertiary alicyclic amines) is 1. The van der Waals surface area contributed by atoms with E-state index in [-0.39, 0.29) is 18.1 Å². The Balaban J connectivity index is 1.62. The third kappa shape index (κ3) is 6.47. The highest BCUT2D eigenvalue weighted by Crippen LogP contribution is 2.28. The van der Waals surface area contributed by atoms with Gasteiger partial charge < -0.3 is 24.3 Å². The fourth-order valence-electron chi connectivity index (χ4n) is 3.26. The van der Waals surface area contributed by atoms with E-state index in [0.717, 1.165) is 31.5 Å². The Morgan fingerprint density at radius 3 is 2.65 bits per heavy atom. The molecule has 0 bridgehead atoms. The van der Waals surface area contributed by atoms with Crippen LogP contribution in [0, 0.1) is 0 Å². The number of carboxylic acids is 1. The van der Waals surface area contributed by atoms with Crippen LogP contribution in [0.4, 0.5) is 5.69 Å². The molecule has 0 aliphatic carbocycles. The fraction of sp³-hybridized carbons (Fsp3) is 0.348. The fourth-order valence-corrected chi connectivity index (χ4v) is 3.26. The summed E-state index contributed by atoms with van der Waals surface area (Å²) < 4.78 is 11.4. The molecule has 1 N–H and O–H groups in total. The van der Waals surface area contributed by atoms with Crippen LogP contribution in [0.1, 0.15) is 42.1 Å². The summed E-state index contributed by atoms with van der Waals surface area (Å²) in [6, 6.07) is 11.5. The molecule has 8 heteroatoms. The molecular formula is C23H26N3O5-. The van der Waals surface area contributed by atoms with E-state index in [2.05, 4.69) is 10.5 Å². The molecule has 1 saturated heterocycles. The summed E-state index contributed by atoms with van der Waals surface area (Å²) in [7, 11) is 0. The van der Waals surface area contributed by atoms with Crippen LogP contribution in [0.25, 0.3) is 0 Å². The van der Waals surface area contributed by atoms with Gasteiger partial charge in [-0.1, -0.05) is 12.1 Å². The standard InChI is InChI=1S/C23H27N3O5/c1-2-30-21-13-17(15-24-25-19-8-6-7-18(14-19)23(28)29)9-10-20(21)31-16-22(27)26-11-4-3-5-12-26/h6-10,13-15,25H,2-5,11-12,16H2,1H3,(H,28,29)/p-1/b24-15-. The van der Waals surface area contributed by atoms with Crippen LogP contribution in [-0.2, 0) is 4.79 Å². The van der Waals surface area contributed by atoms with Gasteiger partial charge in [0.05, 0.1) is 24.5 Å². The summed E-state index contributed by atoms with van der Waals surface area (Å²) in [5.74, 6) is -0.241. The lowest BCUT2D eigenvalue weighted by molar-refractivity contribution is -0.255. The quantitative estimate of drug-likeness (QED) is 0.489. The molecule has 31 heavy (non-hydrogen) atoms. The third-order valence-electron chi connectivity index (χ3n) is 4.83. The molecule has 1 fully saturated rings. The van der Waals surface area contributed by atoms with E-state index in [1.54, 1.807) is 36.5 Å². The first-order valence-corrected chi connectivity index (χ1v) is 10.3. The molecule has 0 aromatic heterocycles. The van der Waals surface area contributed by atoms with Crippen molar-refractivity contribution in [3.05, 3.63) is 53.6 Å². The van der Waals surface area contributed by atoms with E-state index in [1.165, 1.54) is 18.6 Å². The van der Waals surface area contributed by atoms with Crippen LogP contribution < -0.4 is 20.0 Å². The van der Waals surface area contributed by atoms with Gasteiger partial charge >= 0.3 is 0 Å². The van der Waals surface area contributed by atoms with Gasteiger partial charge in [-0.05, 0) is 67.6 Å². The summed E-state index contributed by atoms with van der Waals surface area (Å²) in [6.07, 6.45) is 4.82. The number of ether oxygens (including phenoxy) is 2. The van der Waals surface area contributed by atoms with Crippen molar-refractivity contribution in [1.29, 1.82) is 0 Å². The molecular weight excluding hydrogens is 398 g/mol. The minimum absolute atomic E-state index is 0.0178. The maximum absolute atomic E-state index is 12.3. The Labute approximate surface area is 181 Å². The van der Waals surface area contributed by atoms with Gasteiger partial charge in [0.2, 0.25) is 0 Å². The number of anilines is 1. The zero-order valence-electron chi connectivity index (χ0n) is 17.5. The molecule has 0 unspecified atom stereocenters. The predicted molar refractivity (Wildman–Crippen MR) is 116 cm³/mol. The number of carbonyl (C=O) groups is 2. The maximum Gasteiger partial charge on any atom is 0.260 e. The lowest BCUT2D eigenvalue weighted by Gasteiger charge is -2.26. The minimum atomic E-state index is -1.25. The monoisotopic (exact) mass is 424 g/mol. The van der Waals surface area contributed by atoms with Crippen molar-refractivity contribution in [2.45, 2.75) is 26.2 Å². The largest absolute Gasteiger partial charge is 0.545 e. The van der Waals surface area contributed by atoms with E-state index >= 15 is 0 Å². The van der Waals surface area contributed by atoms with Gasteiger partial charge in [-0.3, -0.25) is 10.2 Å². The van der Waals surface area contributed by atoms with Crippen molar-refractivity contribution in [3.63, 3.8) is 0 Å². The summed E-state index contributed by atoms with van der Waals surface area (Å²) in [6.45, 7) is 3.87. The molecule has 3 rings (SSSR count). The first kappa shape index (κ1) is 22.1. The minimum Gasteiger partial charge on any atom is -0.545 e.